The number of amides is 1. The van der Waals surface area contributed by atoms with E-state index in [-0.39, 0.29) is 11.7 Å². The summed E-state index contributed by atoms with van der Waals surface area (Å²) in [5, 5.41) is 0. The summed E-state index contributed by atoms with van der Waals surface area (Å²) in [7, 11) is 0. The van der Waals surface area contributed by atoms with Gasteiger partial charge in [0.15, 0.2) is 0 Å². The first kappa shape index (κ1) is 15.6. The number of halogens is 1. The van der Waals surface area contributed by atoms with Crippen LogP contribution in [0.15, 0.2) is 54.7 Å². The van der Waals surface area contributed by atoms with Crippen molar-refractivity contribution in [2.24, 2.45) is 0 Å². The van der Waals surface area contributed by atoms with Gasteiger partial charge in [0.25, 0.3) is 5.91 Å². The van der Waals surface area contributed by atoms with Crippen molar-refractivity contribution in [3.8, 4) is 11.3 Å². The van der Waals surface area contributed by atoms with E-state index in [1.165, 1.54) is 12.1 Å². The van der Waals surface area contributed by atoms with E-state index in [4.69, 9.17) is 0 Å². The fourth-order valence-corrected chi connectivity index (χ4v) is 3.29. The first-order valence-corrected chi connectivity index (χ1v) is 8.29. The zero-order valence-corrected chi connectivity index (χ0v) is 13.9. The zero-order chi connectivity index (χ0) is 17.4. The maximum atomic E-state index is 13.5. The molecule has 0 atom stereocenters. The summed E-state index contributed by atoms with van der Waals surface area (Å²) in [6.07, 6.45) is 1.76. The second-order valence-electron chi connectivity index (χ2n) is 6.26. The van der Waals surface area contributed by atoms with E-state index in [0.29, 0.717) is 19.6 Å². The molecule has 4 rings (SSSR count). The second kappa shape index (κ2) is 6.16. The third-order valence-electron chi connectivity index (χ3n) is 4.65. The van der Waals surface area contributed by atoms with Crippen molar-refractivity contribution in [1.82, 2.24) is 14.5 Å². The Hall–Kier alpha value is -2.95. The lowest BCUT2D eigenvalue weighted by atomic mass is 10.1. The predicted octanol–water partition coefficient (Wildman–Crippen LogP) is 3.65. The van der Waals surface area contributed by atoms with Crippen LogP contribution >= 0.6 is 0 Å². The van der Waals surface area contributed by atoms with Gasteiger partial charge >= 0.3 is 0 Å². The Morgan fingerprint density at radius 1 is 1.12 bits per heavy atom. The van der Waals surface area contributed by atoms with Gasteiger partial charge in [-0.3, -0.25) is 4.79 Å². The van der Waals surface area contributed by atoms with Gasteiger partial charge in [0, 0.05) is 24.2 Å². The fraction of sp³-hybridized carbons (Fsp3) is 0.200. The number of aryl methyl sites for hydroxylation is 1. The van der Waals surface area contributed by atoms with Crippen LogP contribution in [0.3, 0.4) is 0 Å². The lowest BCUT2D eigenvalue weighted by molar-refractivity contribution is 0.0707. The van der Waals surface area contributed by atoms with E-state index < -0.39 is 0 Å². The Morgan fingerprint density at radius 3 is 2.76 bits per heavy atom. The maximum absolute atomic E-state index is 13.5. The number of carbonyl (C=O) groups is 1. The lowest BCUT2D eigenvalue weighted by Gasteiger charge is -2.29. The molecule has 0 fully saturated rings. The average molecular weight is 335 g/mol. The van der Waals surface area contributed by atoms with Crippen LogP contribution in [0.5, 0.6) is 0 Å². The normalized spacial score (nSPS) is 13.6. The van der Waals surface area contributed by atoms with E-state index in [1.54, 1.807) is 12.3 Å². The summed E-state index contributed by atoms with van der Waals surface area (Å²) in [4.78, 5) is 19.1. The number of carbonyl (C=O) groups excluding carboxylic acids is 1. The van der Waals surface area contributed by atoms with Crippen LogP contribution in [-0.2, 0) is 13.1 Å². The van der Waals surface area contributed by atoms with Crippen molar-refractivity contribution in [3.63, 3.8) is 0 Å². The Kier molecular flexibility index (Phi) is 3.84. The van der Waals surface area contributed by atoms with Crippen molar-refractivity contribution in [3.05, 3.63) is 77.5 Å². The summed E-state index contributed by atoms with van der Waals surface area (Å²) in [6, 6.07) is 14.1. The predicted molar refractivity (Wildman–Crippen MR) is 93.5 cm³/mol. The molecule has 0 N–H and O–H groups in total. The monoisotopic (exact) mass is 335 g/mol. The Morgan fingerprint density at radius 2 is 1.96 bits per heavy atom. The minimum atomic E-state index is -0.264. The first-order valence-electron chi connectivity index (χ1n) is 8.29. The molecule has 0 spiro atoms. The summed E-state index contributed by atoms with van der Waals surface area (Å²) < 4.78 is 15.6. The third kappa shape index (κ3) is 2.82. The van der Waals surface area contributed by atoms with Crippen molar-refractivity contribution < 1.29 is 9.18 Å². The number of fused-ring (bicyclic) bond motifs is 1. The van der Waals surface area contributed by atoms with E-state index >= 15 is 0 Å². The number of imidazole rings is 1. The third-order valence-corrected chi connectivity index (χ3v) is 4.65. The highest BCUT2D eigenvalue weighted by atomic mass is 19.1. The SMILES string of the molecule is Cc1ccccc1C(=O)N1CCn2c(-c3cccc(F)c3)cnc2C1. The van der Waals surface area contributed by atoms with Gasteiger partial charge in [0.1, 0.15) is 11.6 Å². The van der Waals surface area contributed by atoms with E-state index in [1.807, 2.05) is 42.2 Å². The first-order chi connectivity index (χ1) is 12.1. The Balaban J connectivity index is 1.61. The molecule has 2 heterocycles. The topological polar surface area (TPSA) is 38.1 Å². The molecule has 2 aromatic carbocycles. The van der Waals surface area contributed by atoms with Gasteiger partial charge in [-0.1, -0.05) is 30.3 Å². The van der Waals surface area contributed by atoms with Gasteiger partial charge in [0.05, 0.1) is 18.4 Å². The van der Waals surface area contributed by atoms with Gasteiger partial charge < -0.3 is 9.47 Å². The minimum absolute atomic E-state index is 0.0275. The fourth-order valence-electron chi connectivity index (χ4n) is 3.29. The van der Waals surface area contributed by atoms with Gasteiger partial charge in [-0.15, -0.1) is 0 Å². The van der Waals surface area contributed by atoms with Crippen LogP contribution in [0.25, 0.3) is 11.3 Å². The molecule has 1 amide bonds. The summed E-state index contributed by atoms with van der Waals surface area (Å²) in [5.74, 6) is 0.590. The Labute approximate surface area is 145 Å². The summed E-state index contributed by atoms with van der Waals surface area (Å²) in [5.41, 5.74) is 3.39. The van der Waals surface area contributed by atoms with Crippen LogP contribution in [-0.4, -0.2) is 26.9 Å². The summed E-state index contributed by atoms with van der Waals surface area (Å²) in [6.45, 7) is 3.67. The molecule has 1 aromatic heterocycles. The van der Waals surface area contributed by atoms with Crippen LogP contribution in [0.2, 0.25) is 0 Å². The molecule has 25 heavy (non-hydrogen) atoms. The van der Waals surface area contributed by atoms with Crippen LogP contribution < -0.4 is 0 Å². The average Bonchev–Trinajstić information content (AvgIpc) is 3.05. The number of rotatable bonds is 2. The minimum Gasteiger partial charge on any atom is -0.329 e. The molecule has 126 valence electrons. The van der Waals surface area contributed by atoms with Crippen molar-refractivity contribution in [2.75, 3.05) is 6.54 Å². The molecule has 0 saturated carbocycles. The van der Waals surface area contributed by atoms with Crippen LogP contribution in [0, 0.1) is 12.7 Å². The van der Waals surface area contributed by atoms with Gasteiger partial charge in [0.2, 0.25) is 0 Å². The number of hydrogen-bond acceptors (Lipinski definition) is 2. The quantitative estimate of drug-likeness (QED) is 0.717. The molecule has 4 nitrogen and oxygen atoms in total. The second-order valence-corrected chi connectivity index (χ2v) is 6.26. The molecule has 1 aliphatic rings. The standard InChI is InChI=1S/C20H18FN3O/c1-14-5-2-3-8-17(14)20(25)23-9-10-24-18(12-22-19(24)13-23)15-6-4-7-16(21)11-15/h2-8,11-12H,9-10,13H2,1H3. The number of hydrogen-bond donors (Lipinski definition) is 0. The largest absolute Gasteiger partial charge is 0.329 e. The van der Waals surface area contributed by atoms with E-state index in [0.717, 1.165) is 28.2 Å². The van der Waals surface area contributed by atoms with Gasteiger partial charge in [-0.25, -0.2) is 9.37 Å². The zero-order valence-electron chi connectivity index (χ0n) is 13.9. The molecule has 0 aliphatic carbocycles. The molecule has 0 radical (unpaired) electrons. The highest BCUT2D eigenvalue weighted by Gasteiger charge is 2.25. The molecular formula is C20H18FN3O. The molecule has 1 aliphatic heterocycles. The maximum Gasteiger partial charge on any atom is 0.254 e. The lowest BCUT2D eigenvalue weighted by Crippen LogP contribution is -2.38. The van der Waals surface area contributed by atoms with Crippen LogP contribution in [0.1, 0.15) is 21.7 Å². The van der Waals surface area contributed by atoms with E-state index in [9.17, 15) is 9.18 Å². The van der Waals surface area contributed by atoms with Gasteiger partial charge in [-0.05, 0) is 30.7 Å². The molecule has 0 saturated heterocycles. The Bertz CT molecular complexity index is 948. The van der Waals surface area contributed by atoms with Crippen molar-refractivity contribution in [1.29, 1.82) is 0 Å². The van der Waals surface area contributed by atoms with E-state index in [2.05, 4.69) is 9.55 Å². The van der Waals surface area contributed by atoms with Crippen LogP contribution in [0.4, 0.5) is 4.39 Å². The highest BCUT2D eigenvalue weighted by Crippen LogP contribution is 2.25. The molecular weight excluding hydrogens is 317 g/mol. The van der Waals surface area contributed by atoms with Crippen molar-refractivity contribution >= 4 is 5.91 Å². The number of nitrogens with zero attached hydrogens (tertiary/aromatic N) is 3. The molecule has 3 aromatic rings. The molecule has 0 bridgehead atoms. The smallest absolute Gasteiger partial charge is 0.254 e. The van der Waals surface area contributed by atoms with Crippen molar-refractivity contribution in [2.45, 2.75) is 20.0 Å². The molecule has 0 unspecified atom stereocenters. The number of benzene rings is 2. The summed E-state index contributed by atoms with van der Waals surface area (Å²) >= 11 is 0. The van der Waals surface area contributed by atoms with Gasteiger partial charge in [-0.2, -0.15) is 0 Å². The number of aromatic nitrogens is 2. The molecule has 5 heteroatoms. The highest BCUT2D eigenvalue weighted by molar-refractivity contribution is 5.95.